The first kappa shape index (κ1) is 14.8. The average molecular weight is 283 g/mol. The highest BCUT2D eigenvalue weighted by Crippen LogP contribution is 2.05. The van der Waals surface area contributed by atoms with Crippen LogP contribution in [0, 0.1) is 11.8 Å². The lowest BCUT2D eigenvalue weighted by Crippen LogP contribution is -2.24. The molecule has 0 aliphatic carbocycles. The Balaban J connectivity index is 2.01. The van der Waals surface area contributed by atoms with Crippen LogP contribution in [0.2, 0.25) is 0 Å². The Morgan fingerprint density at radius 2 is 2.33 bits per heavy atom. The molecule has 5 nitrogen and oxygen atoms in total. The molecule has 2 N–H and O–H groups in total. The summed E-state index contributed by atoms with van der Waals surface area (Å²) in [5, 5.41) is 11.5. The van der Waals surface area contributed by atoms with Crippen LogP contribution in [0.5, 0.6) is 0 Å². The molecule has 1 heterocycles. The number of aryl methyl sites for hydroxylation is 1. The minimum atomic E-state index is -0.163. The Morgan fingerprint density at radius 3 is 3.05 bits per heavy atom. The third-order valence-corrected chi connectivity index (χ3v) is 2.92. The first-order valence-electron chi connectivity index (χ1n) is 6.65. The number of benzene rings is 1. The number of hydrogen-bond donors (Lipinski definition) is 2. The summed E-state index contributed by atoms with van der Waals surface area (Å²) in [5.74, 6) is 6.38. The van der Waals surface area contributed by atoms with Gasteiger partial charge in [-0.05, 0) is 18.2 Å². The number of aliphatic hydroxyl groups is 1. The Bertz CT molecular complexity index is 680. The van der Waals surface area contributed by atoms with Crippen molar-refractivity contribution in [2.75, 3.05) is 6.61 Å². The number of hydrogen-bond acceptors (Lipinski definition) is 3. The van der Waals surface area contributed by atoms with E-state index in [2.05, 4.69) is 22.1 Å². The number of carbonyl (C=O) groups is 1. The largest absolute Gasteiger partial charge is 0.395 e. The number of rotatable bonds is 4. The molecule has 0 radical (unpaired) electrons. The summed E-state index contributed by atoms with van der Waals surface area (Å²) in [6.45, 7) is 0.416. The SMILES string of the molecule is Cn1ccnc1CNC(=O)c1cccc(C#CCCO)c1. The van der Waals surface area contributed by atoms with E-state index in [0.717, 1.165) is 11.4 Å². The van der Waals surface area contributed by atoms with Crippen LogP contribution in [-0.4, -0.2) is 27.2 Å². The van der Waals surface area contributed by atoms with Crippen LogP contribution in [0.25, 0.3) is 0 Å². The molecule has 1 aromatic carbocycles. The van der Waals surface area contributed by atoms with Crippen molar-refractivity contribution < 1.29 is 9.90 Å². The Morgan fingerprint density at radius 1 is 1.48 bits per heavy atom. The lowest BCUT2D eigenvalue weighted by Gasteiger charge is -2.05. The smallest absolute Gasteiger partial charge is 0.251 e. The summed E-state index contributed by atoms with van der Waals surface area (Å²) in [5.41, 5.74) is 1.31. The Kier molecular flexibility index (Phi) is 5.13. The van der Waals surface area contributed by atoms with Gasteiger partial charge in [0.2, 0.25) is 0 Å². The van der Waals surface area contributed by atoms with Crippen LogP contribution < -0.4 is 5.32 Å². The lowest BCUT2D eigenvalue weighted by molar-refractivity contribution is 0.0949. The molecule has 1 amide bonds. The maximum absolute atomic E-state index is 12.1. The molecule has 0 aliphatic heterocycles. The highest BCUT2D eigenvalue weighted by molar-refractivity contribution is 5.94. The molecule has 0 spiro atoms. The van der Waals surface area contributed by atoms with E-state index in [4.69, 9.17) is 5.11 Å². The maximum Gasteiger partial charge on any atom is 0.251 e. The molecule has 2 rings (SSSR count). The van der Waals surface area contributed by atoms with E-state index in [0.29, 0.717) is 18.5 Å². The van der Waals surface area contributed by atoms with E-state index in [1.807, 2.05) is 23.9 Å². The molecule has 0 fully saturated rings. The zero-order chi connectivity index (χ0) is 15.1. The van der Waals surface area contributed by atoms with Gasteiger partial charge in [0.25, 0.3) is 5.91 Å². The summed E-state index contributed by atoms with van der Waals surface area (Å²) in [6.07, 6.45) is 3.95. The third-order valence-electron chi connectivity index (χ3n) is 2.92. The number of carbonyl (C=O) groups excluding carboxylic acids is 1. The zero-order valence-electron chi connectivity index (χ0n) is 11.8. The van der Waals surface area contributed by atoms with Gasteiger partial charge in [-0.25, -0.2) is 4.98 Å². The van der Waals surface area contributed by atoms with Crippen molar-refractivity contribution in [3.63, 3.8) is 0 Å². The van der Waals surface area contributed by atoms with Gasteiger partial charge in [-0.2, -0.15) is 0 Å². The van der Waals surface area contributed by atoms with Crippen LogP contribution >= 0.6 is 0 Å². The van der Waals surface area contributed by atoms with Crippen molar-refractivity contribution in [3.05, 3.63) is 53.6 Å². The molecule has 0 unspecified atom stereocenters. The van der Waals surface area contributed by atoms with Crippen LogP contribution in [0.4, 0.5) is 0 Å². The fourth-order valence-corrected chi connectivity index (χ4v) is 1.79. The van der Waals surface area contributed by atoms with Crippen molar-refractivity contribution in [3.8, 4) is 11.8 Å². The number of aliphatic hydroxyl groups excluding tert-OH is 1. The molecule has 21 heavy (non-hydrogen) atoms. The molecule has 1 aromatic heterocycles. The van der Waals surface area contributed by atoms with Crippen LogP contribution in [-0.2, 0) is 13.6 Å². The van der Waals surface area contributed by atoms with Gasteiger partial charge in [0, 0.05) is 37.0 Å². The summed E-state index contributed by atoms with van der Waals surface area (Å²) in [4.78, 5) is 16.2. The summed E-state index contributed by atoms with van der Waals surface area (Å²) in [6, 6.07) is 7.10. The highest BCUT2D eigenvalue weighted by atomic mass is 16.2. The van der Waals surface area contributed by atoms with Gasteiger partial charge in [-0.3, -0.25) is 4.79 Å². The Hall–Kier alpha value is -2.58. The van der Waals surface area contributed by atoms with Gasteiger partial charge in [0.15, 0.2) is 0 Å². The van der Waals surface area contributed by atoms with Gasteiger partial charge in [0.05, 0.1) is 13.2 Å². The standard InChI is InChI=1S/C16H17N3O2/c1-19-9-8-17-15(19)12-18-16(21)14-7-4-6-13(11-14)5-2-3-10-20/h4,6-9,11,20H,3,10,12H2,1H3,(H,18,21). The number of imidazole rings is 1. The number of nitrogens with zero attached hydrogens (tertiary/aromatic N) is 2. The number of aromatic nitrogens is 2. The van der Waals surface area contributed by atoms with Crippen molar-refractivity contribution in [2.24, 2.45) is 7.05 Å². The van der Waals surface area contributed by atoms with Crippen molar-refractivity contribution >= 4 is 5.91 Å². The lowest BCUT2D eigenvalue weighted by atomic mass is 10.1. The summed E-state index contributed by atoms with van der Waals surface area (Å²) >= 11 is 0. The second kappa shape index (κ2) is 7.27. The fraction of sp³-hybridized carbons (Fsp3) is 0.250. The molecule has 0 atom stereocenters. The minimum Gasteiger partial charge on any atom is -0.395 e. The third kappa shape index (κ3) is 4.20. The first-order chi connectivity index (χ1) is 10.2. The molecule has 0 saturated carbocycles. The molecule has 0 saturated heterocycles. The van der Waals surface area contributed by atoms with Crippen LogP contribution in [0.15, 0.2) is 36.7 Å². The van der Waals surface area contributed by atoms with E-state index in [1.54, 1.807) is 24.4 Å². The van der Waals surface area contributed by atoms with E-state index < -0.39 is 0 Å². The molecular weight excluding hydrogens is 266 g/mol. The molecule has 0 aliphatic rings. The number of nitrogens with one attached hydrogen (secondary N) is 1. The highest BCUT2D eigenvalue weighted by Gasteiger charge is 2.07. The van der Waals surface area contributed by atoms with Gasteiger partial charge in [-0.15, -0.1) is 0 Å². The molecule has 0 bridgehead atoms. The molecule has 2 aromatic rings. The average Bonchev–Trinajstić information content (AvgIpc) is 2.91. The minimum absolute atomic E-state index is 0.0385. The van der Waals surface area contributed by atoms with E-state index >= 15 is 0 Å². The van der Waals surface area contributed by atoms with E-state index in [1.165, 1.54) is 0 Å². The Labute approximate surface area is 123 Å². The maximum atomic E-state index is 12.1. The second-order valence-electron chi connectivity index (χ2n) is 4.49. The normalized spacial score (nSPS) is 9.81. The fourth-order valence-electron chi connectivity index (χ4n) is 1.79. The van der Waals surface area contributed by atoms with Gasteiger partial charge >= 0.3 is 0 Å². The van der Waals surface area contributed by atoms with Crippen LogP contribution in [0.1, 0.15) is 28.2 Å². The summed E-state index contributed by atoms with van der Waals surface area (Å²) < 4.78 is 1.86. The van der Waals surface area contributed by atoms with Crippen LogP contribution in [0.3, 0.4) is 0 Å². The number of amides is 1. The monoisotopic (exact) mass is 283 g/mol. The van der Waals surface area contributed by atoms with E-state index in [9.17, 15) is 4.79 Å². The van der Waals surface area contributed by atoms with Gasteiger partial charge < -0.3 is 15.0 Å². The zero-order valence-corrected chi connectivity index (χ0v) is 11.8. The molecule has 5 heteroatoms. The van der Waals surface area contributed by atoms with Crippen molar-refractivity contribution in [2.45, 2.75) is 13.0 Å². The van der Waals surface area contributed by atoms with Crippen molar-refractivity contribution in [1.82, 2.24) is 14.9 Å². The quantitative estimate of drug-likeness (QED) is 0.825. The first-order valence-corrected chi connectivity index (χ1v) is 6.65. The predicted octanol–water partition coefficient (Wildman–Crippen LogP) is 1.08. The van der Waals surface area contributed by atoms with Gasteiger partial charge in [0.1, 0.15) is 5.82 Å². The molecular formula is C16H17N3O2. The second-order valence-corrected chi connectivity index (χ2v) is 4.49. The predicted molar refractivity (Wildman–Crippen MR) is 79.4 cm³/mol. The van der Waals surface area contributed by atoms with Crippen molar-refractivity contribution in [1.29, 1.82) is 0 Å². The summed E-state index contributed by atoms with van der Waals surface area (Å²) in [7, 11) is 1.88. The van der Waals surface area contributed by atoms with Gasteiger partial charge in [-0.1, -0.05) is 17.9 Å². The topological polar surface area (TPSA) is 67.2 Å². The molecule has 108 valence electrons. The van der Waals surface area contributed by atoms with E-state index in [-0.39, 0.29) is 12.5 Å².